The van der Waals surface area contributed by atoms with Crippen molar-refractivity contribution in [2.45, 2.75) is 72.3 Å². The molecular weight excluding hydrogens is 210 g/mol. The van der Waals surface area contributed by atoms with E-state index in [2.05, 4.69) is 39.2 Å². The van der Waals surface area contributed by atoms with Crippen molar-refractivity contribution < 1.29 is 0 Å². The highest BCUT2D eigenvalue weighted by Gasteiger charge is 2.24. The van der Waals surface area contributed by atoms with Gasteiger partial charge in [-0.2, -0.15) is 0 Å². The molecule has 17 heavy (non-hydrogen) atoms. The van der Waals surface area contributed by atoms with E-state index in [1.807, 2.05) is 0 Å². The Balaban J connectivity index is 3.12. The molecule has 1 aromatic heterocycles. The van der Waals surface area contributed by atoms with Crippen LogP contribution >= 0.6 is 0 Å². The molecule has 0 saturated heterocycles. The second kappa shape index (κ2) is 5.56. The van der Waals surface area contributed by atoms with Gasteiger partial charge in [0.25, 0.3) is 0 Å². The number of hydrogen-bond donors (Lipinski definition) is 1. The summed E-state index contributed by atoms with van der Waals surface area (Å²) >= 11 is 0. The summed E-state index contributed by atoms with van der Waals surface area (Å²) < 4.78 is 2.22. The van der Waals surface area contributed by atoms with Crippen molar-refractivity contribution in [2.24, 2.45) is 0 Å². The first kappa shape index (κ1) is 14.1. The van der Waals surface area contributed by atoms with E-state index in [1.165, 1.54) is 6.42 Å². The smallest absolute Gasteiger partial charge is 0.126 e. The van der Waals surface area contributed by atoms with Crippen molar-refractivity contribution in [3.8, 4) is 0 Å². The van der Waals surface area contributed by atoms with Gasteiger partial charge >= 0.3 is 0 Å². The molecule has 0 amide bonds. The topological polar surface area (TPSA) is 43.8 Å². The van der Waals surface area contributed by atoms with Crippen LogP contribution in [0.1, 0.15) is 65.4 Å². The molecule has 1 heterocycles. The Morgan fingerprint density at radius 1 is 1.18 bits per heavy atom. The number of imidazole rings is 1. The molecule has 2 N–H and O–H groups in total. The first-order valence-corrected chi connectivity index (χ1v) is 6.77. The predicted molar refractivity (Wildman–Crippen MR) is 74.2 cm³/mol. The molecule has 0 unspecified atom stereocenters. The van der Waals surface area contributed by atoms with E-state index >= 15 is 0 Å². The van der Waals surface area contributed by atoms with Crippen LogP contribution in [0.15, 0.2) is 0 Å². The Labute approximate surface area is 105 Å². The van der Waals surface area contributed by atoms with Crippen molar-refractivity contribution in [3.05, 3.63) is 11.5 Å². The molecule has 0 aliphatic rings. The molecule has 1 rings (SSSR count). The third-order valence-electron chi connectivity index (χ3n) is 2.98. The minimum Gasteiger partial charge on any atom is -0.384 e. The number of nitrogens with zero attached hydrogens (tertiary/aromatic N) is 2. The maximum Gasteiger partial charge on any atom is 0.126 e. The molecule has 0 radical (unpaired) electrons. The highest BCUT2D eigenvalue weighted by molar-refractivity contribution is 5.39. The van der Waals surface area contributed by atoms with Gasteiger partial charge in [-0.15, -0.1) is 0 Å². The summed E-state index contributed by atoms with van der Waals surface area (Å²) in [6.07, 6.45) is 4.42. The summed E-state index contributed by atoms with van der Waals surface area (Å²) in [5.74, 6) is 2.01. The van der Waals surface area contributed by atoms with Crippen LogP contribution in [-0.4, -0.2) is 9.55 Å². The van der Waals surface area contributed by atoms with E-state index in [9.17, 15) is 0 Å². The molecule has 1 aromatic rings. The minimum absolute atomic E-state index is 0.0633. The number of hydrogen-bond acceptors (Lipinski definition) is 2. The van der Waals surface area contributed by atoms with Crippen LogP contribution in [0.5, 0.6) is 0 Å². The summed E-state index contributed by atoms with van der Waals surface area (Å²) in [6.45, 7) is 12.0. The van der Waals surface area contributed by atoms with Crippen LogP contribution in [0, 0.1) is 0 Å². The second-order valence-corrected chi connectivity index (χ2v) is 5.77. The minimum atomic E-state index is 0.0633. The largest absolute Gasteiger partial charge is 0.384 e. The number of aromatic nitrogens is 2. The van der Waals surface area contributed by atoms with E-state index in [0.29, 0.717) is 0 Å². The highest BCUT2D eigenvalue weighted by atomic mass is 15.1. The summed E-state index contributed by atoms with van der Waals surface area (Å²) in [4.78, 5) is 4.76. The zero-order valence-electron chi connectivity index (χ0n) is 12.0. The Bertz CT molecular complexity index is 358. The second-order valence-electron chi connectivity index (χ2n) is 5.77. The Hall–Kier alpha value is -0.990. The number of rotatable bonds is 5. The average molecular weight is 237 g/mol. The molecule has 0 aliphatic carbocycles. The quantitative estimate of drug-likeness (QED) is 0.851. The standard InChI is InChI=1S/C14H27N3/c1-6-8-10-17-12(15)11(9-7-2)16-13(17)14(3,4)5/h6-10,15H2,1-5H3. The van der Waals surface area contributed by atoms with Gasteiger partial charge in [0.1, 0.15) is 11.6 Å². The molecule has 98 valence electrons. The first-order valence-electron chi connectivity index (χ1n) is 6.77. The molecule has 3 heteroatoms. The Kier molecular flexibility index (Phi) is 4.61. The third kappa shape index (κ3) is 3.24. The van der Waals surface area contributed by atoms with Gasteiger partial charge in [-0.25, -0.2) is 4.98 Å². The summed E-state index contributed by atoms with van der Waals surface area (Å²) in [5, 5.41) is 0. The fraction of sp³-hybridized carbons (Fsp3) is 0.786. The van der Waals surface area contributed by atoms with Gasteiger partial charge in [-0.3, -0.25) is 0 Å². The van der Waals surface area contributed by atoms with Gasteiger partial charge in [-0.1, -0.05) is 47.5 Å². The molecular formula is C14H27N3. The molecule has 0 atom stereocenters. The van der Waals surface area contributed by atoms with Crippen molar-refractivity contribution in [2.75, 3.05) is 5.73 Å². The maximum absolute atomic E-state index is 6.23. The lowest BCUT2D eigenvalue weighted by atomic mass is 9.95. The number of unbranched alkanes of at least 4 members (excludes halogenated alkanes) is 1. The van der Waals surface area contributed by atoms with E-state index < -0.39 is 0 Å². The van der Waals surface area contributed by atoms with Crippen molar-refractivity contribution in [1.29, 1.82) is 0 Å². The molecule has 0 spiro atoms. The number of anilines is 1. The SMILES string of the molecule is CCCCn1c(C(C)(C)C)nc(CCC)c1N. The summed E-state index contributed by atoms with van der Waals surface area (Å²) in [7, 11) is 0. The summed E-state index contributed by atoms with van der Waals surface area (Å²) in [5.41, 5.74) is 7.37. The van der Waals surface area contributed by atoms with E-state index in [4.69, 9.17) is 10.7 Å². The van der Waals surface area contributed by atoms with Crippen LogP contribution in [-0.2, 0) is 18.4 Å². The zero-order chi connectivity index (χ0) is 13.1. The molecule has 0 aromatic carbocycles. The van der Waals surface area contributed by atoms with E-state index in [-0.39, 0.29) is 5.41 Å². The summed E-state index contributed by atoms with van der Waals surface area (Å²) in [6, 6.07) is 0. The molecule has 0 fully saturated rings. The normalized spacial score (nSPS) is 12.1. The lowest BCUT2D eigenvalue weighted by Crippen LogP contribution is -2.20. The van der Waals surface area contributed by atoms with E-state index in [0.717, 1.165) is 43.1 Å². The lowest BCUT2D eigenvalue weighted by Gasteiger charge is -2.20. The molecule has 0 bridgehead atoms. The van der Waals surface area contributed by atoms with Crippen LogP contribution < -0.4 is 5.73 Å². The van der Waals surface area contributed by atoms with Crippen LogP contribution in [0.25, 0.3) is 0 Å². The average Bonchev–Trinajstić information content (AvgIpc) is 2.54. The van der Waals surface area contributed by atoms with Gasteiger partial charge in [-0.05, 0) is 12.8 Å². The first-order chi connectivity index (χ1) is 7.91. The van der Waals surface area contributed by atoms with Crippen LogP contribution in [0.3, 0.4) is 0 Å². The third-order valence-corrected chi connectivity index (χ3v) is 2.98. The maximum atomic E-state index is 6.23. The van der Waals surface area contributed by atoms with Crippen LogP contribution in [0.4, 0.5) is 5.82 Å². The van der Waals surface area contributed by atoms with Gasteiger partial charge in [0, 0.05) is 12.0 Å². The Morgan fingerprint density at radius 2 is 1.82 bits per heavy atom. The highest BCUT2D eigenvalue weighted by Crippen LogP contribution is 2.27. The number of nitrogens with two attached hydrogens (primary N) is 1. The van der Waals surface area contributed by atoms with Gasteiger partial charge in [0.05, 0.1) is 5.69 Å². The van der Waals surface area contributed by atoms with Crippen molar-refractivity contribution >= 4 is 5.82 Å². The van der Waals surface area contributed by atoms with Gasteiger partial charge in [0.15, 0.2) is 0 Å². The molecule has 0 saturated carbocycles. The monoisotopic (exact) mass is 237 g/mol. The number of aryl methyl sites for hydroxylation is 1. The van der Waals surface area contributed by atoms with Crippen molar-refractivity contribution in [3.63, 3.8) is 0 Å². The number of nitrogen functional groups attached to an aromatic ring is 1. The lowest BCUT2D eigenvalue weighted by molar-refractivity contribution is 0.491. The van der Waals surface area contributed by atoms with E-state index in [1.54, 1.807) is 0 Å². The Morgan fingerprint density at radius 3 is 2.29 bits per heavy atom. The fourth-order valence-electron chi connectivity index (χ4n) is 2.05. The van der Waals surface area contributed by atoms with Crippen LogP contribution in [0.2, 0.25) is 0 Å². The molecule has 3 nitrogen and oxygen atoms in total. The van der Waals surface area contributed by atoms with Gasteiger partial charge in [0.2, 0.25) is 0 Å². The predicted octanol–water partition coefficient (Wildman–Crippen LogP) is 3.52. The zero-order valence-corrected chi connectivity index (χ0v) is 12.0. The fourth-order valence-corrected chi connectivity index (χ4v) is 2.05. The van der Waals surface area contributed by atoms with Crippen molar-refractivity contribution in [1.82, 2.24) is 9.55 Å². The molecule has 0 aliphatic heterocycles. The van der Waals surface area contributed by atoms with Gasteiger partial charge < -0.3 is 10.3 Å².